The highest BCUT2D eigenvalue weighted by molar-refractivity contribution is 5.94. The van der Waals surface area contributed by atoms with Gasteiger partial charge >= 0.3 is 5.69 Å². The Kier molecular flexibility index (Phi) is 3.03. The second kappa shape index (κ2) is 5.08. The third-order valence-corrected chi connectivity index (χ3v) is 4.34. The average molecular weight is 313 g/mol. The summed E-state index contributed by atoms with van der Waals surface area (Å²) >= 11 is 0. The van der Waals surface area contributed by atoms with Crippen LogP contribution < -0.4 is 5.69 Å². The van der Waals surface area contributed by atoms with E-state index in [0.717, 1.165) is 0 Å². The lowest BCUT2D eigenvalue weighted by Gasteiger charge is -2.16. The summed E-state index contributed by atoms with van der Waals surface area (Å²) in [7, 11) is 1.70. The highest BCUT2D eigenvalue weighted by Crippen LogP contribution is 2.24. The third-order valence-electron chi connectivity index (χ3n) is 4.34. The van der Waals surface area contributed by atoms with E-state index in [1.807, 2.05) is 0 Å². The maximum absolute atomic E-state index is 12.5. The Balaban J connectivity index is 1.67. The molecule has 0 radical (unpaired) electrons. The molecule has 8 nitrogen and oxygen atoms in total. The lowest BCUT2D eigenvalue weighted by molar-refractivity contribution is 0.0787. The van der Waals surface area contributed by atoms with Crippen molar-refractivity contribution >= 4 is 17.1 Å². The van der Waals surface area contributed by atoms with E-state index < -0.39 is 0 Å². The smallest absolute Gasteiger partial charge is 0.330 e. The van der Waals surface area contributed by atoms with Gasteiger partial charge in [-0.3, -0.25) is 13.9 Å². The minimum absolute atomic E-state index is 0.0795. The lowest BCUT2D eigenvalue weighted by atomic mass is 10.2. The van der Waals surface area contributed by atoms with Gasteiger partial charge in [0, 0.05) is 20.1 Å². The molecule has 118 valence electrons. The molecule has 4 heterocycles. The fraction of sp³-hybridized carbons (Fsp3) is 0.333. The van der Waals surface area contributed by atoms with Gasteiger partial charge in [0.25, 0.3) is 5.91 Å². The van der Waals surface area contributed by atoms with Crippen LogP contribution in [0.5, 0.6) is 0 Å². The molecule has 1 saturated heterocycles. The summed E-state index contributed by atoms with van der Waals surface area (Å²) in [5, 5.41) is 0. The molecule has 0 N–H and O–H groups in total. The first kappa shape index (κ1) is 13.7. The zero-order valence-electron chi connectivity index (χ0n) is 12.5. The molecule has 0 bridgehead atoms. The molecule has 1 aliphatic heterocycles. The number of aromatic nitrogens is 4. The molecule has 0 aliphatic carbocycles. The normalized spacial score (nSPS) is 18.0. The monoisotopic (exact) mass is 313 g/mol. The number of likely N-dealkylation sites (tertiary alicyclic amines) is 1. The molecule has 1 fully saturated rings. The number of rotatable bonds is 2. The summed E-state index contributed by atoms with van der Waals surface area (Å²) in [6.07, 6.45) is 6.69. The Labute approximate surface area is 131 Å². The fourth-order valence-corrected chi connectivity index (χ4v) is 3.13. The van der Waals surface area contributed by atoms with Crippen molar-refractivity contribution in [2.45, 2.75) is 12.5 Å². The van der Waals surface area contributed by atoms with Gasteiger partial charge in [-0.05, 0) is 12.5 Å². The van der Waals surface area contributed by atoms with Gasteiger partial charge in [0.1, 0.15) is 18.1 Å². The van der Waals surface area contributed by atoms with Crippen molar-refractivity contribution in [1.29, 1.82) is 0 Å². The largest absolute Gasteiger partial charge is 0.472 e. The van der Waals surface area contributed by atoms with E-state index in [2.05, 4.69) is 9.97 Å². The van der Waals surface area contributed by atoms with E-state index in [-0.39, 0.29) is 17.6 Å². The number of amides is 1. The molecule has 1 aliphatic rings. The van der Waals surface area contributed by atoms with Crippen LogP contribution in [0.25, 0.3) is 11.2 Å². The number of fused-ring (bicyclic) bond motifs is 1. The zero-order chi connectivity index (χ0) is 16.0. The third kappa shape index (κ3) is 2.06. The molecule has 0 unspecified atom stereocenters. The number of nitrogens with zero attached hydrogens (tertiary/aromatic N) is 5. The SMILES string of the molecule is Cn1c(=O)n([C@H]2CCN(C(=O)c3ccoc3)C2)c2ncncc21. The van der Waals surface area contributed by atoms with Crippen molar-refractivity contribution in [3.05, 3.63) is 47.2 Å². The average Bonchev–Trinajstić information content (AvgIpc) is 3.29. The van der Waals surface area contributed by atoms with Gasteiger partial charge in [-0.1, -0.05) is 0 Å². The van der Waals surface area contributed by atoms with Gasteiger partial charge in [0.2, 0.25) is 0 Å². The number of aryl methyl sites for hydroxylation is 1. The number of furan rings is 1. The van der Waals surface area contributed by atoms with Gasteiger partial charge in [-0.2, -0.15) is 0 Å². The topological polar surface area (TPSA) is 86.2 Å². The van der Waals surface area contributed by atoms with Gasteiger partial charge in [0.05, 0.1) is 24.1 Å². The first-order valence-electron chi connectivity index (χ1n) is 7.35. The Hall–Kier alpha value is -2.90. The van der Waals surface area contributed by atoms with Gasteiger partial charge < -0.3 is 9.32 Å². The molecule has 8 heteroatoms. The van der Waals surface area contributed by atoms with Crippen LogP contribution in [-0.2, 0) is 7.05 Å². The van der Waals surface area contributed by atoms with Gasteiger partial charge in [0.15, 0.2) is 5.65 Å². The molecule has 0 saturated carbocycles. The summed E-state index contributed by atoms with van der Waals surface area (Å²) in [4.78, 5) is 34.9. The molecule has 0 aromatic carbocycles. The Morgan fingerprint density at radius 1 is 1.43 bits per heavy atom. The molecule has 3 aromatic heterocycles. The summed E-state index contributed by atoms with van der Waals surface area (Å²) in [6.45, 7) is 1.08. The number of imidazole rings is 1. The molecule has 0 spiro atoms. The summed E-state index contributed by atoms with van der Waals surface area (Å²) in [5.74, 6) is -0.0795. The van der Waals surface area contributed by atoms with Crippen LogP contribution in [-0.4, -0.2) is 43.0 Å². The first-order valence-corrected chi connectivity index (χ1v) is 7.35. The maximum Gasteiger partial charge on any atom is 0.330 e. The molecule has 23 heavy (non-hydrogen) atoms. The second-order valence-electron chi connectivity index (χ2n) is 5.65. The van der Waals surface area contributed by atoms with E-state index >= 15 is 0 Å². The highest BCUT2D eigenvalue weighted by Gasteiger charge is 2.31. The van der Waals surface area contributed by atoms with Crippen LogP contribution in [0.15, 0.2) is 40.3 Å². The van der Waals surface area contributed by atoms with E-state index in [1.165, 1.54) is 23.4 Å². The van der Waals surface area contributed by atoms with Gasteiger partial charge in [-0.15, -0.1) is 0 Å². The predicted octanol–water partition coefficient (Wildman–Crippen LogP) is 0.810. The minimum atomic E-state index is -0.136. The maximum atomic E-state index is 12.5. The predicted molar refractivity (Wildman–Crippen MR) is 81.0 cm³/mol. The van der Waals surface area contributed by atoms with Crippen molar-refractivity contribution in [2.24, 2.45) is 7.05 Å². The molecule has 4 rings (SSSR count). The molecular weight excluding hydrogens is 298 g/mol. The molecule has 1 amide bonds. The van der Waals surface area contributed by atoms with Crippen LogP contribution in [0.3, 0.4) is 0 Å². The summed E-state index contributed by atoms with van der Waals surface area (Å²) in [6, 6.07) is 1.56. The lowest BCUT2D eigenvalue weighted by Crippen LogP contribution is -2.31. The van der Waals surface area contributed by atoms with Crippen molar-refractivity contribution in [1.82, 2.24) is 24.0 Å². The van der Waals surface area contributed by atoms with Crippen LogP contribution in [0, 0.1) is 0 Å². The first-order chi connectivity index (χ1) is 11.2. The highest BCUT2D eigenvalue weighted by atomic mass is 16.3. The van der Waals surface area contributed by atoms with Crippen LogP contribution in [0.2, 0.25) is 0 Å². The minimum Gasteiger partial charge on any atom is -0.472 e. The van der Waals surface area contributed by atoms with E-state index in [4.69, 9.17) is 4.42 Å². The van der Waals surface area contributed by atoms with Crippen LogP contribution >= 0.6 is 0 Å². The zero-order valence-corrected chi connectivity index (χ0v) is 12.5. The number of carbonyl (C=O) groups is 1. The molecular formula is C15H15N5O3. The van der Waals surface area contributed by atoms with Crippen molar-refractivity contribution in [3.8, 4) is 0 Å². The van der Waals surface area contributed by atoms with E-state index in [0.29, 0.717) is 36.2 Å². The van der Waals surface area contributed by atoms with Crippen LogP contribution in [0.1, 0.15) is 22.8 Å². The number of hydrogen-bond donors (Lipinski definition) is 0. The Bertz CT molecular complexity index is 924. The number of hydrogen-bond acceptors (Lipinski definition) is 5. The fourth-order valence-electron chi connectivity index (χ4n) is 3.13. The Morgan fingerprint density at radius 2 is 2.30 bits per heavy atom. The van der Waals surface area contributed by atoms with Crippen LogP contribution in [0.4, 0.5) is 0 Å². The standard InChI is InChI=1S/C15H15N5O3/c1-18-12-6-16-9-17-13(12)20(15(18)22)11-2-4-19(7-11)14(21)10-3-5-23-8-10/h3,5-6,8-9,11H,2,4,7H2,1H3/t11-/m0/s1. The van der Waals surface area contributed by atoms with Crippen molar-refractivity contribution < 1.29 is 9.21 Å². The summed E-state index contributed by atoms with van der Waals surface area (Å²) < 4.78 is 8.17. The van der Waals surface area contributed by atoms with E-state index in [9.17, 15) is 9.59 Å². The van der Waals surface area contributed by atoms with Gasteiger partial charge in [-0.25, -0.2) is 14.8 Å². The molecule has 1 atom stereocenters. The molecule has 3 aromatic rings. The summed E-state index contributed by atoms with van der Waals surface area (Å²) in [5.41, 5.74) is 1.69. The van der Waals surface area contributed by atoms with E-state index in [1.54, 1.807) is 28.8 Å². The number of carbonyl (C=O) groups excluding carboxylic acids is 1. The Morgan fingerprint density at radius 3 is 3.09 bits per heavy atom. The van der Waals surface area contributed by atoms with Crippen molar-refractivity contribution in [3.63, 3.8) is 0 Å². The quantitative estimate of drug-likeness (QED) is 0.699. The second-order valence-corrected chi connectivity index (χ2v) is 5.65. The van der Waals surface area contributed by atoms with Crippen molar-refractivity contribution in [2.75, 3.05) is 13.1 Å².